The van der Waals surface area contributed by atoms with Crippen LogP contribution in [0.5, 0.6) is 0 Å². The van der Waals surface area contributed by atoms with E-state index in [1.54, 1.807) is 0 Å². The monoisotopic (exact) mass is 257 g/mol. The zero-order valence-electron chi connectivity index (χ0n) is 9.84. The minimum atomic E-state index is -0.0516. The number of hydrogen-bond donors (Lipinski definition) is 3. The molecule has 0 aliphatic carbocycles. The van der Waals surface area contributed by atoms with Gasteiger partial charge in [0.1, 0.15) is 0 Å². The highest BCUT2D eigenvalue weighted by Gasteiger charge is 2.13. The molecule has 0 radical (unpaired) electrons. The first-order valence-electron chi connectivity index (χ1n) is 5.63. The third-order valence-corrected chi connectivity index (χ3v) is 2.81. The van der Waals surface area contributed by atoms with Gasteiger partial charge in [-0.05, 0) is 35.5 Å². The smallest absolute Gasteiger partial charge is 0.164 e. The van der Waals surface area contributed by atoms with Crippen LogP contribution in [0.2, 0.25) is 0 Å². The van der Waals surface area contributed by atoms with Crippen LogP contribution in [0.3, 0.4) is 0 Å². The van der Waals surface area contributed by atoms with E-state index in [2.05, 4.69) is 5.32 Å². The van der Waals surface area contributed by atoms with Crippen LogP contribution in [0.25, 0.3) is 0 Å². The number of hydrogen-bond acceptors (Lipinski definition) is 2. The number of nitrogen functional groups attached to an aromatic ring is 1. The summed E-state index contributed by atoms with van der Waals surface area (Å²) in [5.41, 5.74) is 14.2. The fourth-order valence-corrected chi connectivity index (χ4v) is 1.95. The molecule has 3 nitrogen and oxygen atoms in total. The van der Waals surface area contributed by atoms with E-state index < -0.39 is 0 Å². The quantitative estimate of drug-likeness (QED) is 0.582. The molecule has 1 unspecified atom stereocenters. The molecule has 0 saturated heterocycles. The summed E-state index contributed by atoms with van der Waals surface area (Å²) in [5, 5.41) is 3.38. The highest BCUT2D eigenvalue weighted by molar-refractivity contribution is 7.80. The average molecular weight is 257 g/mol. The van der Waals surface area contributed by atoms with E-state index >= 15 is 0 Å². The van der Waals surface area contributed by atoms with Gasteiger partial charge in [0.15, 0.2) is 5.11 Å². The van der Waals surface area contributed by atoms with E-state index in [-0.39, 0.29) is 11.2 Å². The molecule has 18 heavy (non-hydrogen) atoms. The van der Waals surface area contributed by atoms with Crippen molar-refractivity contribution >= 4 is 23.0 Å². The van der Waals surface area contributed by atoms with Crippen molar-refractivity contribution in [3.63, 3.8) is 0 Å². The predicted molar refractivity (Wildman–Crippen MR) is 79.1 cm³/mol. The number of rotatable bonds is 3. The van der Waals surface area contributed by atoms with Crippen molar-refractivity contribution < 1.29 is 0 Å². The Balaban J connectivity index is 2.36. The Hall–Kier alpha value is -2.07. The number of anilines is 1. The van der Waals surface area contributed by atoms with Crippen LogP contribution >= 0.6 is 12.2 Å². The van der Waals surface area contributed by atoms with Crippen LogP contribution in [0.4, 0.5) is 5.69 Å². The van der Waals surface area contributed by atoms with Gasteiger partial charge in [0.05, 0.1) is 6.04 Å². The number of nitrogens with two attached hydrogens (primary N) is 2. The fraction of sp³-hybridized carbons (Fsp3) is 0.0714. The topological polar surface area (TPSA) is 64.1 Å². The Labute approximate surface area is 112 Å². The fourth-order valence-electron chi connectivity index (χ4n) is 1.84. The highest BCUT2D eigenvalue weighted by atomic mass is 32.1. The maximum absolute atomic E-state index is 5.70. The molecule has 0 aromatic heterocycles. The van der Waals surface area contributed by atoms with Crippen LogP contribution in [0.1, 0.15) is 17.2 Å². The van der Waals surface area contributed by atoms with E-state index in [9.17, 15) is 0 Å². The van der Waals surface area contributed by atoms with Gasteiger partial charge in [-0.25, -0.2) is 0 Å². The molecule has 92 valence electrons. The molecule has 0 aliphatic rings. The van der Waals surface area contributed by atoms with E-state index in [1.807, 2.05) is 54.6 Å². The van der Waals surface area contributed by atoms with E-state index in [1.165, 1.54) is 0 Å². The summed E-state index contributed by atoms with van der Waals surface area (Å²) in [5.74, 6) is 0. The summed E-state index contributed by atoms with van der Waals surface area (Å²) in [6.07, 6.45) is 0. The van der Waals surface area contributed by atoms with Gasteiger partial charge in [0.2, 0.25) is 0 Å². The van der Waals surface area contributed by atoms with Crippen LogP contribution in [-0.4, -0.2) is 5.11 Å². The Morgan fingerprint density at radius 1 is 0.944 bits per heavy atom. The first-order valence-corrected chi connectivity index (χ1v) is 6.04. The molecule has 1 atom stereocenters. The van der Waals surface area contributed by atoms with Gasteiger partial charge < -0.3 is 16.8 Å². The molecule has 0 saturated carbocycles. The molecule has 2 rings (SSSR count). The molecule has 5 N–H and O–H groups in total. The molecular weight excluding hydrogens is 242 g/mol. The molecule has 0 bridgehead atoms. The van der Waals surface area contributed by atoms with E-state index in [4.69, 9.17) is 23.7 Å². The Morgan fingerprint density at radius 2 is 1.50 bits per heavy atom. The third kappa shape index (κ3) is 2.99. The van der Waals surface area contributed by atoms with Crippen molar-refractivity contribution in [3.05, 3.63) is 65.7 Å². The number of benzene rings is 2. The molecule has 2 aromatic carbocycles. The zero-order chi connectivity index (χ0) is 13.0. The first kappa shape index (κ1) is 12.4. The summed E-state index contributed by atoms with van der Waals surface area (Å²) in [6.45, 7) is 0. The number of thiocarbonyl (C=S) groups is 1. The minimum Gasteiger partial charge on any atom is -0.399 e. The van der Waals surface area contributed by atoms with Gasteiger partial charge in [0.25, 0.3) is 0 Å². The average Bonchev–Trinajstić information content (AvgIpc) is 2.38. The van der Waals surface area contributed by atoms with Gasteiger partial charge in [-0.1, -0.05) is 42.5 Å². The lowest BCUT2D eigenvalue weighted by Crippen LogP contribution is -2.33. The maximum Gasteiger partial charge on any atom is 0.164 e. The van der Waals surface area contributed by atoms with Crippen LogP contribution in [0, 0.1) is 0 Å². The standard InChI is InChI=1S/C14H15N3S/c15-12-8-6-11(7-9-12)13(17-14(16)18)10-4-2-1-3-5-10/h1-9,13H,15H2,(H3,16,17,18). The van der Waals surface area contributed by atoms with Crippen LogP contribution in [-0.2, 0) is 0 Å². The second kappa shape index (κ2) is 5.51. The molecule has 0 spiro atoms. The SMILES string of the molecule is NC(=S)NC(c1ccccc1)c1ccc(N)cc1. The van der Waals surface area contributed by atoms with Crippen molar-refractivity contribution in [1.29, 1.82) is 0 Å². The van der Waals surface area contributed by atoms with Crippen molar-refractivity contribution in [3.8, 4) is 0 Å². The summed E-state index contributed by atoms with van der Waals surface area (Å²) < 4.78 is 0. The second-order valence-electron chi connectivity index (χ2n) is 4.02. The van der Waals surface area contributed by atoms with Gasteiger partial charge in [-0.3, -0.25) is 0 Å². The molecule has 4 heteroatoms. The highest BCUT2D eigenvalue weighted by Crippen LogP contribution is 2.22. The largest absolute Gasteiger partial charge is 0.399 e. The summed E-state index contributed by atoms with van der Waals surface area (Å²) in [6, 6.07) is 17.6. The van der Waals surface area contributed by atoms with Crippen molar-refractivity contribution in [2.24, 2.45) is 5.73 Å². The van der Waals surface area contributed by atoms with Crippen molar-refractivity contribution in [1.82, 2.24) is 5.32 Å². The molecule has 2 aromatic rings. The van der Waals surface area contributed by atoms with E-state index in [0.29, 0.717) is 0 Å². The summed E-state index contributed by atoms with van der Waals surface area (Å²) >= 11 is 4.94. The normalized spacial score (nSPS) is 11.8. The zero-order valence-corrected chi connectivity index (χ0v) is 10.7. The lowest BCUT2D eigenvalue weighted by atomic mass is 9.99. The molecule has 0 heterocycles. The third-order valence-electron chi connectivity index (χ3n) is 2.69. The Bertz CT molecular complexity index is 522. The minimum absolute atomic E-state index is 0.0516. The van der Waals surface area contributed by atoms with Crippen molar-refractivity contribution in [2.75, 3.05) is 5.73 Å². The molecule has 0 aliphatic heterocycles. The van der Waals surface area contributed by atoms with Crippen LogP contribution in [0.15, 0.2) is 54.6 Å². The van der Waals surface area contributed by atoms with Gasteiger partial charge in [-0.15, -0.1) is 0 Å². The van der Waals surface area contributed by atoms with Gasteiger partial charge >= 0.3 is 0 Å². The number of nitrogens with one attached hydrogen (secondary N) is 1. The van der Waals surface area contributed by atoms with Gasteiger partial charge in [0, 0.05) is 5.69 Å². The molecule has 0 fully saturated rings. The Morgan fingerprint density at radius 3 is 2.06 bits per heavy atom. The predicted octanol–water partition coefficient (Wildman–Crippen LogP) is 2.19. The second-order valence-corrected chi connectivity index (χ2v) is 4.46. The van der Waals surface area contributed by atoms with Crippen LogP contribution < -0.4 is 16.8 Å². The van der Waals surface area contributed by atoms with Gasteiger partial charge in [-0.2, -0.15) is 0 Å². The lowest BCUT2D eigenvalue weighted by molar-refractivity contribution is 0.765. The first-order chi connectivity index (χ1) is 8.66. The summed E-state index contributed by atoms with van der Waals surface area (Å²) in [4.78, 5) is 0. The van der Waals surface area contributed by atoms with Crippen molar-refractivity contribution in [2.45, 2.75) is 6.04 Å². The molecular formula is C14H15N3S. The molecule has 0 amide bonds. The Kier molecular flexibility index (Phi) is 3.79. The summed E-state index contributed by atoms with van der Waals surface area (Å²) in [7, 11) is 0. The maximum atomic E-state index is 5.70. The lowest BCUT2D eigenvalue weighted by Gasteiger charge is -2.20. The van der Waals surface area contributed by atoms with E-state index in [0.717, 1.165) is 16.8 Å².